The molecule has 0 saturated heterocycles. The third kappa shape index (κ3) is 17.7. The van der Waals surface area contributed by atoms with Gasteiger partial charge < -0.3 is 33.2 Å². The van der Waals surface area contributed by atoms with Gasteiger partial charge in [-0.15, -0.1) is 19.3 Å². The normalized spacial score (nSPS) is 10.9. The predicted octanol–water partition coefficient (Wildman–Crippen LogP) is 0.968. The fourth-order valence-corrected chi connectivity index (χ4v) is 2.63. The van der Waals surface area contributed by atoms with Crippen molar-refractivity contribution in [2.75, 3.05) is 93.0 Å². The van der Waals surface area contributed by atoms with E-state index in [4.69, 9.17) is 52.4 Å². The highest BCUT2D eigenvalue weighted by Gasteiger charge is 2.34. The van der Waals surface area contributed by atoms with E-state index in [2.05, 4.69) is 17.8 Å². The Bertz CT molecular complexity index is 534. The Labute approximate surface area is 192 Å². The highest BCUT2D eigenvalue weighted by atomic mass is 16.6. The summed E-state index contributed by atoms with van der Waals surface area (Å²) >= 11 is 0. The molecule has 0 unspecified atom stereocenters. The molecule has 0 bridgehead atoms. The third-order valence-electron chi connectivity index (χ3n) is 4.05. The van der Waals surface area contributed by atoms with Crippen LogP contribution in [0.2, 0.25) is 0 Å². The van der Waals surface area contributed by atoms with E-state index in [1.54, 1.807) is 7.11 Å². The van der Waals surface area contributed by atoms with E-state index < -0.39 is 5.41 Å². The first-order valence-electron chi connectivity index (χ1n) is 10.4. The topological polar surface area (TPSA) is 81.7 Å². The Morgan fingerprint density at radius 1 is 0.656 bits per heavy atom. The molecule has 0 aliphatic carbocycles. The quantitative estimate of drug-likeness (QED) is 0.168. The average molecular weight is 453 g/mol. The van der Waals surface area contributed by atoms with E-state index in [-0.39, 0.29) is 64.9 Å². The number of rotatable bonds is 23. The van der Waals surface area contributed by atoms with Crippen molar-refractivity contribution in [3.05, 3.63) is 0 Å². The minimum absolute atomic E-state index is 0.0182. The van der Waals surface area contributed by atoms with Crippen molar-refractivity contribution in [2.24, 2.45) is 5.41 Å². The number of carbonyl (C=O) groups is 1. The van der Waals surface area contributed by atoms with Crippen molar-refractivity contribution in [1.29, 1.82) is 0 Å². The van der Waals surface area contributed by atoms with Crippen molar-refractivity contribution >= 4 is 5.78 Å². The molecule has 0 spiro atoms. The zero-order valence-corrected chi connectivity index (χ0v) is 19.1. The first-order chi connectivity index (χ1) is 15.6. The lowest BCUT2D eigenvalue weighted by molar-refractivity contribution is -0.128. The summed E-state index contributed by atoms with van der Waals surface area (Å²) in [5.41, 5.74) is -0.742. The summed E-state index contributed by atoms with van der Waals surface area (Å²) in [6.07, 6.45) is 16.2. The molecule has 8 heteroatoms. The van der Waals surface area contributed by atoms with Crippen molar-refractivity contribution in [2.45, 2.75) is 12.8 Å². The van der Waals surface area contributed by atoms with Gasteiger partial charge in [0.2, 0.25) is 0 Å². The first kappa shape index (κ1) is 30.1. The molecule has 0 aromatic rings. The zero-order valence-electron chi connectivity index (χ0n) is 19.1. The van der Waals surface area contributed by atoms with Gasteiger partial charge in [-0.2, -0.15) is 0 Å². The highest BCUT2D eigenvalue weighted by Crippen LogP contribution is 2.26. The van der Waals surface area contributed by atoms with Gasteiger partial charge >= 0.3 is 0 Å². The molecule has 0 aliphatic heterocycles. The molecule has 0 radical (unpaired) electrons. The molecular formula is C24H36O8. The van der Waals surface area contributed by atoms with E-state index in [9.17, 15) is 4.79 Å². The van der Waals surface area contributed by atoms with Gasteiger partial charge in [0.15, 0.2) is 0 Å². The van der Waals surface area contributed by atoms with Crippen LogP contribution < -0.4 is 0 Å². The van der Waals surface area contributed by atoms with E-state index in [1.165, 1.54) is 0 Å². The number of hydrogen-bond acceptors (Lipinski definition) is 8. The Kier molecular flexibility index (Phi) is 20.9. The molecular weight excluding hydrogens is 416 g/mol. The third-order valence-corrected chi connectivity index (χ3v) is 4.05. The van der Waals surface area contributed by atoms with Crippen LogP contribution in [0.3, 0.4) is 0 Å². The molecule has 0 heterocycles. The van der Waals surface area contributed by atoms with E-state index in [0.29, 0.717) is 39.6 Å². The van der Waals surface area contributed by atoms with Gasteiger partial charge in [-0.05, 0) is 0 Å². The van der Waals surface area contributed by atoms with Crippen LogP contribution in [-0.4, -0.2) is 98.8 Å². The second-order valence-corrected chi connectivity index (χ2v) is 6.89. The van der Waals surface area contributed by atoms with Crippen molar-refractivity contribution in [3.63, 3.8) is 0 Å². The van der Waals surface area contributed by atoms with Crippen LogP contribution in [0.4, 0.5) is 0 Å². The smallest absolute Gasteiger partial charge is 0.136 e. The molecule has 0 fully saturated rings. The standard InChI is InChI=1S/C24H36O8/c1-5-9-30-20-24(21-31-10-6-2,22-32-11-7-3)19-23(25)8-12-27-15-16-29-18-17-28-14-13-26-4/h1-3H,8-22H2,4H3. The molecule has 0 saturated carbocycles. The summed E-state index contributed by atoms with van der Waals surface area (Å²) in [6, 6.07) is 0. The minimum atomic E-state index is -0.742. The van der Waals surface area contributed by atoms with Crippen LogP contribution in [-0.2, 0) is 38.0 Å². The second kappa shape index (κ2) is 22.3. The van der Waals surface area contributed by atoms with Gasteiger partial charge in [-0.3, -0.25) is 4.79 Å². The van der Waals surface area contributed by atoms with Crippen molar-refractivity contribution < 1.29 is 38.0 Å². The van der Waals surface area contributed by atoms with Gasteiger partial charge in [-0.25, -0.2) is 0 Å². The Morgan fingerprint density at radius 2 is 1.06 bits per heavy atom. The summed E-state index contributed by atoms with van der Waals surface area (Å²) in [6.45, 7) is 4.03. The number of ketones is 1. The number of terminal acetylenes is 3. The summed E-state index contributed by atoms with van der Waals surface area (Å²) < 4.78 is 37.6. The van der Waals surface area contributed by atoms with Crippen LogP contribution in [0, 0.1) is 42.4 Å². The second-order valence-electron chi connectivity index (χ2n) is 6.89. The Balaban J connectivity index is 4.36. The maximum absolute atomic E-state index is 12.6. The average Bonchev–Trinajstić information content (AvgIpc) is 2.78. The largest absolute Gasteiger partial charge is 0.382 e. The lowest BCUT2D eigenvalue weighted by Gasteiger charge is -2.32. The zero-order chi connectivity index (χ0) is 23.8. The van der Waals surface area contributed by atoms with Gasteiger partial charge in [0, 0.05) is 25.4 Å². The molecule has 32 heavy (non-hydrogen) atoms. The fourth-order valence-electron chi connectivity index (χ4n) is 2.63. The summed E-state index contributed by atoms with van der Waals surface area (Å²) in [5, 5.41) is 0. The fraction of sp³-hybridized carbons (Fsp3) is 0.708. The summed E-state index contributed by atoms with van der Waals surface area (Å²) in [7, 11) is 1.62. The molecule has 0 rings (SSSR count). The predicted molar refractivity (Wildman–Crippen MR) is 120 cm³/mol. The number of hydrogen-bond donors (Lipinski definition) is 0. The molecule has 0 aromatic heterocycles. The van der Waals surface area contributed by atoms with Crippen LogP contribution in [0.15, 0.2) is 0 Å². The maximum Gasteiger partial charge on any atom is 0.136 e. The van der Waals surface area contributed by atoms with E-state index in [1.807, 2.05) is 0 Å². The summed E-state index contributed by atoms with van der Waals surface area (Å²) in [4.78, 5) is 12.6. The lowest BCUT2D eigenvalue weighted by atomic mass is 9.84. The van der Waals surface area contributed by atoms with Gasteiger partial charge in [0.1, 0.15) is 25.6 Å². The number of carbonyl (C=O) groups excluding carboxylic acids is 1. The van der Waals surface area contributed by atoms with Crippen LogP contribution in [0.1, 0.15) is 12.8 Å². The first-order valence-corrected chi connectivity index (χ1v) is 10.4. The van der Waals surface area contributed by atoms with E-state index >= 15 is 0 Å². The van der Waals surface area contributed by atoms with Gasteiger partial charge in [0.05, 0.1) is 66.1 Å². The van der Waals surface area contributed by atoms with Gasteiger partial charge in [-0.1, -0.05) is 17.8 Å². The van der Waals surface area contributed by atoms with Crippen molar-refractivity contribution in [1.82, 2.24) is 0 Å². The Morgan fingerprint density at radius 3 is 1.47 bits per heavy atom. The van der Waals surface area contributed by atoms with E-state index in [0.717, 1.165) is 0 Å². The highest BCUT2D eigenvalue weighted by molar-refractivity contribution is 5.79. The summed E-state index contributed by atoms with van der Waals surface area (Å²) in [5.74, 6) is 7.20. The van der Waals surface area contributed by atoms with Crippen LogP contribution in [0.25, 0.3) is 0 Å². The molecule has 0 N–H and O–H groups in total. The van der Waals surface area contributed by atoms with Crippen LogP contribution in [0.5, 0.6) is 0 Å². The molecule has 180 valence electrons. The molecule has 8 nitrogen and oxygen atoms in total. The lowest BCUT2D eigenvalue weighted by Crippen LogP contribution is -2.40. The molecule has 0 aliphatic rings. The maximum atomic E-state index is 12.6. The minimum Gasteiger partial charge on any atom is -0.382 e. The number of Topliss-reactive ketones (excluding diaryl/α,β-unsaturated/α-hetero) is 1. The van der Waals surface area contributed by atoms with Crippen LogP contribution >= 0.6 is 0 Å². The number of methoxy groups -OCH3 is 1. The number of ether oxygens (including phenoxy) is 7. The van der Waals surface area contributed by atoms with Gasteiger partial charge in [0.25, 0.3) is 0 Å². The Hall–Kier alpha value is -1.93. The monoisotopic (exact) mass is 452 g/mol. The van der Waals surface area contributed by atoms with Crippen molar-refractivity contribution in [3.8, 4) is 37.0 Å². The molecule has 0 amide bonds. The molecule has 0 aromatic carbocycles. The molecule has 0 atom stereocenters. The SMILES string of the molecule is C#CCOCC(COCC#C)(COCC#C)CC(=O)CCOCCOCCOCCOC.